The van der Waals surface area contributed by atoms with Crippen LogP contribution in [0.25, 0.3) is 5.70 Å². The topological polar surface area (TPSA) is 85.2 Å². The van der Waals surface area contributed by atoms with Gasteiger partial charge >= 0.3 is 0 Å². The fourth-order valence-corrected chi connectivity index (χ4v) is 4.19. The van der Waals surface area contributed by atoms with Crippen LogP contribution in [0.3, 0.4) is 0 Å². The van der Waals surface area contributed by atoms with E-state index in [2.05, 4.69) is 26.9 Å². The van der Waals surface area contributed by atoms with Crippen molar-refractivity contribution >= 4 is 29.2 Å². The summed E-state index contributed by atoms with van der Waals surface area (Å²) in [5.41, 5.74) is 3.74. The number of rotatable bonds is 7. The molecule has 1 aliphatic rings. The van der Waals surface area contributed by atoms with Gasteiger partial charge in [-0.3, -0.25) is 9.69 Å². The summed E-state index contributed by atoms with van der Waals surface area (Å²) in [4.78, 5) is 14.9. The van der Waals surface area contributed by atoms with Crippen molar-refractivity contribution in [2.75, 3.05) is 18.6 Å². The van der Waals surface area contributed by atoms with Crippen LogP contribution in [0.15, 0.2) is 84.9 Å². The summed E-state index contributed by atoms with van der Waals surface area (Å²) in [6.07, 6.45) is 2.07. The molecule has 0 bridgehead atoms. The molecule has 3 aromatic carbocycles. The van der Waals surface area contributed by atoms with Crippen molar-refractivity contribution in [2.45, 2.75) is 12.6 Å². The minimum absolute atomic E-state index is 0.0540. The van der Waals surface area contributed by atoms with Gasteiger partial charge in [0, 0.05) is 11.6 Å². The first-order chi connectivity index (χ1) is 17.1. The van der Waals surface area contributed by atoms with E-state index in [1.54, 1.807) is 11.8 Å². The van der Waals surface area contributed by atoms with Crippen LogP contribution in [0.1, 0.15) is 22.7 Å². The number of carbonyl (C=O) groups is 1. The number of amides is 1. The summed E-state index contributed by atoms with van der Waals surface area (Å²) in [6.45, 7) is 0.436. The first-order valence-electron chi connectivity index (χ1n) is 11.1. The highest BCUT2D eigenvalue weighted by molar-refractivity contribution is 6.30. The number of methoxy groups -OCH3 is 1. The maximum Gasteiger partial charge on any atom is 0.251 e. The molecule has 1 aliphatic heterocycles. The van der Waals surface area contributed by atoms with E-state index in [0.29, 0.717) is 17.5 Å². The molecule has 0 aliphatic carbocycles. The van der Waals surface area contributed by atoms with E-state index in [1.165, 1.54) is 0 Å². The summed E-state index contributed by atoms with van der Waals surface area (Å²) in [6, 6.07) is 24.8. The summed E-state index contributed by atoms with van der Waals surface area (Å²) >= 11 is 6.10. The zero-order chi connectivity index (χ0) is 24.2. The molecule has 1 atom stereocenters. The molecule has 4 aromatic rings. The number of fused-ring (bicyclic) bond motifs is 1. The van der Waals surface area contributed by atoms with Gasteiger partial charge in [-0.25, -0.2) is 0 Å². The Labute approximate surface area is 207 Å². The van der Waals surface area contributed by atoms with Gasteiger partial charge in [0.05, 0.1) is 12.8 Å². The van der Waals surface area contributed by atoms with Crippen molar-refractivity contribution in [3.8, 4) is 5.75 Å². The van der Waals surface area contributed by atoms with Gasteiger partial charge in [0.1, 0.15) is 18.3 Å². The van der Waals surface area contributed by atoms with Gasteiger partial charge in [-0.05, 0) is 57.5 Å². The van der Waals surface area contributed by atoms with E-state index in [-0.39, 0.29) is 18.5 Å². The lowest BCUT2D eigenvalue weighted by Crippen LogP contribution is -2.39. The third-order valence-corrected chi connectivity index (χ3v) is 6.05. The number of anilines is 1. The van der Waals surface area contributed by atoms with Crippen LogP contribution >= 0.6 is 11.6 Å². The fraction of sp³-hybridized carbons (Fsp3) is 0.154. The molecule has 1 aromatic heterocycles. The van der Waals surface area contributed by atoms with Crippen molar-refractivity contribution in [1.29, 1.82) is 0 Å². The van der Waals surface area contributed by atoms with Crippen molar-refractivity contribution in [3.63, 3.8) is 0 Å². The van der Waals surface area contributed by atoms with Gasteiger partial charge < -0.3 is 10.1 Å². The number of ether oxygens (including phenoxy) is 1. The molecule has 8 nitrogen and oxygen atoms in total. The number of tetrazole rings is 1. The quantitative estimate of drug-likeness (QED) is 0.423. The van der Waals surface area contributed by atoms with Gasteiger partial charge in [-0.2, -0.15) is 4.68 Å². The van der Waals surface area contributed by atoms with E-state index in [4.69, 9.17) is 16.3 Å². The second-order valence-electron chi connectivity index (χ2n) is 8.05. The number of halogens is 1. The van der Waals surface area contributed by atoms with Crippen LogP contribution in [-0.4, -0.2) is 39.8 Å². The summed E-state index contributed by atoms with van der Waals surface area (Å²) in [7, 11) is 1.62. The summed E-state index contributed by atoms with van der Waals surface area (Å²) in [5.74, 6) is 1.08. The lowest BCUT2D eigenvalue weighted by atomic mass is 10.0. The lowest BCUT2D eigenvalue weighted by molar-refractivity contribution is -0.119. The molecule has 1 N–H and O–H groups in total. The molecule has 9 heteroatoms. The van der Waals surface area contributed by atoms with E-state index in [1.807, 2.05) is 83.8 Å². The molecular weight excluding hydrogens is 464 g/mol. The van der Waals surface area contributed by atoms with Crippen LogP contribution < -0.4 is 15.0 Å². The van der Waals surface area contributed by atoms with Crippen molar-refractivity contribution in [3.05, 3.63) is 107 Å². The third kappa shape index (κ3) is 4.88. The maximum absolute atomic E-state index is 13.0. The first kappa shape index (κ1) is 22.6. The summed E-state index contributed by atoms with van der Waals surface area (Å²) < 4.78 is 6.98. The van der Waals surface area contributed by atoms with Gasteiger partial charge in [0.25, 0.3) is 5.95 Å². The first-order valence-corrected chi connectivity index (χ1v) is 11.5. The second kappa shape index (κ2) is 9.99. The number of allylic oxidation sites excluding steroid dienone is 1. The number of carbonyl (C=O) groups excluding carboxylic acids is 1. The Kier molecular flexibility index (Phi) is 6.45. The predicted octanol–water partition coefficient (Wildman–Crippen LogP) is 4.10. The number of aromatic nitrogens is 4. The Hall–Kier alpha value is -4.17. The molecule has 1 unspecified atom stereocenters. The van der Waals surface area contributed by atoms with E-state index < -0.39 is 0 Å². The monoisotopic (exact) mass is 486 g/mol. The van der Waals surface area contributed by atoms with Gasteiger partial charge in [0.15, 0.2) is 0 Å². The molecule has 1 amide bonds. The Bertz CT molecular complexity index is 1350. The number of nitrogens with one attached hydrogen (secondary N) is 1. The van der Waals surface area contributed by atoms with E-state index >= 15 is 0 Å². The molecule has 35 heavy (non-hydrogen) atoms. The Morgan fingerprint density at radius 2 is 1.86 bits per heavy atom. The number of nitrogens with zero attached hydrogens (tertiary/aromatic N) is 5. The standard InChI is InChI=1S/C26H23ClN6O2/c1-35-22-9-5-6-18(14-22)16-28-25(34)17-32-23(19-7-3-2-4-8-19)15-24(33-26(32)29-30-31-33)20-10-12-21(27)13-11-20/h2-15,24H,16-17H2,1H3,(H,28,34). The van der Waals surface area contributed by atoms with Crippen molar-refractivity contribution < 1.29 is 9.53 Å². The molecule has 0 saturated carbocycles. The Morgan fingerprint density at radius 3 is 2.63 bits per heavy atom. The molecule has 176 valence electrons. The zero-order valence-corrected chi connectivity index (χ0v) is 19.8. The van der Waals surface area contributed by atoms with Crippen LogP contribution in [-0.2, 0) is 11.3 Å². The number of benzene rings is 3. The molecule has 0 radical (unpaired) electrons. The molecule has 5 rings (SSSR count). The minimum atomic E-state index is -0.247. The minimum Gasteiger partial charge on any atom is -0.497 e. The second-order valence-corrected chi connectivity index (χ2v) is 8.49. The van der Waals surface area contributed by atoms with Crippen LogP contribution in [0, 0.1) is 0 Å². The highest BCUT2D eigenvalue weighted by atomic mass is 35.5. The number of hydrogen-bond donors (Lipinski definition) is 1. The normalized spacial score (nSPS) is 14.7. The van der Waals surface area contributed by atoms with E-state index in [9.17, 15) is 4.79 Å². The summed E-state index contributed by atoms with van der Waals surface area (Å²) in [5, 5.41) is 16.0. The highest BCUT2D eigenvalue weighted by Crippen LogP contribution is 2.36. The van der Waals surface area contributed by atoms with Crippen LogP contribution in [0.2, 0.25) is 5.02 Å². The molecule has 0 saturated heterocycles. The lowest BCUT2D eigenvalue weighted by Gasteiger charge is -2.32. The van der Waals surface area contributed by atoms with Crippen LogP contribution in [0.4, 0.5) is 5.95 Å². The maximum atomic E-state index is 13.0. The average molecular weight is 487 g/mol. The molecular formula is C26H23ClN6O2. The van der Waals surface area contributed by atoms with Crippen molar-refractivity contribution in [2.24, 2.45) is 0 Å². The van der Waals surface area contributed by atoms with Gasteiger partial charge in [-0.1, -0.05) is 71.3 Å². The van der Waals surface area contributed by atoms with Gasteiger partial charge in [-0.15, -0.1) is 0 Å². The molecule has 2 heterocycles. The molecule has 0 spiro atoms. The third-order valence-electron chi connectivity index (χ3n) is 5.79. The fourth-order valence-electron chi connectivity index (χ4n) is 4.06. The van der Waals surface area contributed by atoms with E-state index in [0.717, 1.165) is 28.1 Å². The number of hydrogen-bond acceptors (Lipinski definition) is 6. The van der Waals surface area contributed by atoms with Crippen LogP contribution in [0.5, 0.6) is 5.75 Å². The van der Waals surface area contributed by atoms with Crippen molar-refractivity contribution in [1.82, 2.24) is 25.5 Å². The SMILES string of the molecule is COc1cccc(CNC(=O)CN2C(c3ccccc3)=CC(c3ccc(Cl)cc3)n3nnnc32)c1. The van der Waals surface area contributed by atoms with Gasteiger partial charge in [0.2, 0.25) is 5.91 Å². The average Bonchev–Trinajstić information content (AvgIpc) is 3.39. The predicted molar refractivity (Wildman–Crippen MR) is 134 cm³/mol. The molecule has 0 fully saturated rings. The highest BCUT2D eigenvalue weighted by Gasteiger charge is 2.31. The Morgan fingerprint density at radius 1 is 1.06 bits per heavy atom. The zero-order valence-electron chi connectivity index (χ0n) is 19.0. The smallest absolute Gasteiger partial charge is 0.251 e. The largest absolute Gasteiger partial charge is 0.497 e. The Balaban J connectivity index is 1.44.